The Morgan fingerprint density at radius 2 is 1.62 bits per heavy atom. The molecule has 32 heavy (non-hydrogen) atoms. The molecule has 1 unspecified atom stereocenters. The zero-order chi connectivity index (χ0) is 22.9. The van der Waals surface area contributed by atoms with Crippen LogP contribution in [0.4, 0.5) is 11.4 Å². The Kier molecular flexibility index (Phi) is 8.42. The van der Waals surface area contributed by atoms with Crippen LogP contribution in [0.1, 0.15) is 62.7 Å². The molecule has 0 heterocycles. The number of nitrogens with one attached hydrogen (secondary N) is 2. The summed E-state index contributed by atoms with van der Waals surface area (Å²) in [5.74, 6) is -0.396. The number of anilines is 2. The van der Waals surface area contributed by atoms with Crippen molar-refractivity contribution in [2.24, 2.45) is 5.92 Å². The first-order valence-electron chi connectivity index (χ1n) is 11.6. The molecule has 0 spiro atoms. The molecule has 0 bridgehead atoms. The average molecular weight is 436 g/mol. The molecule has 1 aliphatic rings. The minimum atomic E-state index is -0.636. The molecule has 2 aromatic rings. The van der Waals surface area contributed by atoms with Gasteiger partial charge in [-0.15, -0.1) is 0 Å². The Labute approximate surface area is 190 Å². The van der Waals surface area contributed by atoms with E-state index in [0.29, 0.717) is 23.5 Å². The zero-order valence-electron chi connectivity index (χ0n) is 19.0. The molecule has 2 N–H and O–H groups in total. The van der Waals surface area contributed by atoms with Crippen molar-refractivity contribution in [1.29, 1.82) is 0 Å². The largest absolute Gasteiger partial charge is 0.327 e. The highest BCUT2D eigenvalue weighted by Gasteiger charge is 2.27. The van der Waals surface area contributed by atoms with E-state index < -0.39 is 6.04 Å². The fraction of sp³-hybridized carbons (Fsp3) is 0.423. The molecule has 170 valence electrons. The highest BCUT2D eigenvalue weighted by atomic mass is 16.2. The summed E-state index contributed by atoms with van der Waals surface area (Å²) >= 11 is 0. The first-order chi connectivity index (χ1) is 15.5. The van der Waals surface area contributed by atoms with Crippen LogP contribution in [-0.2, 0) is 9.59 Å². The first kappa shape index (κ1) is 23.5. The van der Waals surface area contributed by atoms with Gasteiger partial charge in [0.25, 0.3) is 5.91 Å². The van der Waals surface area contributed by atoms with Crippen molar-refractivity contribution in [2.45, 2.75) is 58.4 Å². The normalized spacial score (nSPS) is 14.9. The predicted octanol–water partition coefficient (Wildman–Crippen LogP) is 5.08. The topological polar surface area (TPSA) is 78.5 Å². The summed E-state index contributed by atoms with van der Waals surface area (Å²) in [6.45, 7) is 4.17. The van der Waals surface area contributed by atoms with Crippen LogP contribution < -0.4 is 10.6 Å². The number of benzene rings is 2. The molecular weight excluding hydrogens is 402 g/mol. The fourth-order valence-electron chi connectivity index (χ4n) is 4.13. The van der Waals surface area contributed by atoms with Gasteiger partial charge in [-0.25, -0.2) is 0 Å². The third kappa shape index (κ3) is 6.19. The van der Waals surface area contributed by atoms with Crippen LogP contribution in [0.25, 0.3) is 0 Å². The lowest BCUT2D eigenvalue weighted by Gasteiger charge is -2.28. The average Bonchev–Trinajstić information content (AvgIpc) is 2.83. The lowest BCUT2D eigenvalue weighted by molar-refractivity contribution is -0.121. The second kappa shape index (κ2) is 11.5. The lowest BCUT2D eigenvalue weighted by atomic mass is 9.88. The minimum absolute atomic E-state index is 0.0234. The van der Waals surface area contributed by atoms with E-state index in [0.717, 1.165) is 32.1 Å². The number of hydrogen-bond donors (Lipinski definition) is 2. The van der Waals surface area contributed by atoms with Crippen LogP contribution in [0.3, 0.4) is 0 Å². The van der Waals surface area contributed by atoms with Crippen LogP contribution in [0.5, 0.6) is 0 Å². The predicted molar refractivity (Wildman–Crippen MR) is 128 cm³/mol. The highest BCUT2D eigenvalue weighted by molar-refractivity contribution is 6.02. The Hall–Kier alpha value is -3.15. The molecule has 6 heteroatoms. The van der Waals surface area contributed by atoms with E-state index in [2.05, 4.69) is 10.6 Å². The highest BCUT2D eigenvalue weighted by Crippen LogP contribution is 2.25. The van der Waals surface area contributed by atoms with E-state index in [1.807, 2.05) is 37.3 Å². The number of hydrogen-bond acceptors (Lipinski definition) is 3. The van der Waals surface area contributed by atoms with E-state index >= 15 is 0 Å². The monoisotopic (exact) mass is 435 g/mol. The molecule has 2 aromatic carbocycles. The number of carbonyl (C=O) groups excluding carboxylic acids is 3. The van der Waals surface area contributed by atoms with Gasteiger partial charge in [0, 0.05) is 29.4 Å². The summed E-state index contributed by atoms with van der Waals surface area (Å²) in [5.41, 5.74) is 1.77. The summed E-state index contributed by atoms with van der Waals surface area (Å²) in [6, 6.07) is 15.6. The number of nitrogens with zero attached hydrogens (tertiary/aromatic N) is 1. The number of para-hydroxylation sites is 1. The molecule has 1 fully saturated rings. The van der Waals surface area contributed by atoms with Crippen LogP contribution in [0, 0.1) is 5.92 Å². The first-order valence-corrected chi connectivity index (χ1v) is 11.6. The zero-order valence-corrected chi connectivity index (χ0v) is 19.0. The quantitative estimate of drug-likeness (QED) is 0.607. The van der Waals surface area contributed by atoms with Gasteiger partial charge in [-0.3, -0.25) is 14.4 Å². The molecule has 0 saturated heterocycles. The molecule has 0 aliphatic heterocycles. The van der Waals surface area contributed by atoms with Gasteiger partial charge in [0.05, 0.1) is 0 Å². The molecule has 1 atom stereocenters. The van der Waals surface area contributed by atoms with Crippen molar-refractivity contribution in [3.05, 3.63) is 60.2 Å². The number of amides is 3. The maximum Gasteiger partial charge on any atom is 0.254 e. The Bertz CT molecular complexity index is 923. The smallest absolute Gasteiger partial charge is 0.254 e. The van der Waals surface area contributed by atoms with Gasteiger partial charge in [-0.05, 0) is 56.5 Å². The molecule has 3 amide bonds. The molecule has 0 radical (unpaired) electrons. The van der Waals surface area contributed by atoms with Gasteiger partial charge in [0.15, 0.2) is 0 Å². The SMILES string of the molecule is CCCN(C(=O)c1cccc(NC(=O)C2CCCCC2)c1)C(C)C(=O)Nc1ccccc1. The Morgan fingerprint density at radius 3 is 2.31 bits per heavy atom. The van der Waals surface area contributed by atoms with Crippen molar-refractivity contribution >= 4 is 29.1 Å². The molecule has 1 aliphatic carbocycles. The van der Waals surface area contributed by atoms with Gasteiger partial charge in [-0.2, -0.15) is 0 Å². The van der Waals surface area contributed by atoms with Gasteiger partial charge in [0.1, 0.15) is 6.04 Å². The van der Waals surface area contributed by atoms with E-state index in [1.54, 1.807) is 36.1 Å². The maximum atomic E-state index is 13.3. The standard InChI is InChI=1S/C26H33N3O3/c1-3-17-29(19(2)24(30)27-22-14-8-5-9-15-22)26(32)21-13-10-16-23(18-21)28-25(31)20-11-6-4-7-12-20/h5,8-10,13-16,18-20H,3-4,6-7,11-12,17H2,1-2H3,(H,27,30)(H,28,31). The van der Waals surface area contributed by atoms with E-state index in [-0.39, 0.29) is 23.6 Å². The Morgan fingerprint density at radius 1 is 0.938 bits per heavy atom. The fourth-order valence-corrected chi connectivity index (χ4v) is 4.13. The number of rotatable bonds is 8. The lowest BCUT2D eigenvalue weighted by Crippen LogP contribution is -2.46. The van der Waals surface area contributed by atoms with Crippen LogP contribution in [-0.4, -0.2) is 35.2 Å². The van der Waals surface area contributed by atoms with Gasteiger partial charge < -0.3 is 15.5 Å². The molecule has 3 rings (SSSR count). The molecular formula is C26H33N3O3. The summed E-state index contributed by atoms with van der Waals surface area (Å²) in [4.78, 5) is 40.3. The second-order valence-corrected chi connectivity index (χ2v) is 8.43. The molecule has 6 nitrogen and oxygen atoms in total. The maximum absolute atomic E-state index is 13.3. The third-order valence-corrected chi connectivity index (χ3v) is 5.97. The summed E-state index contributed by atoms with van der Waals surface area (Å²) in [7, 11) is 0. The third-order valence-electron chi connectivity index (χ3n) is 5.97. The Balaban J connectivity index is 1.70. The van der Waals surface area contributed by atoms with Crippen molar-refractivity contribution in [1.82, 2.24) is 4.90 Å². The van der Waals surface area contributed by atoms with Crippen LogP contribution in [0.2, 0.25) is 0 Å². The number of carbonyl (C=O) groups is 3. The van der Waals surface area contributed by atoms with Crippen LogP contribution >= 0.6 is 0 Å². The molecule has 0 aromatic heterocycles. The van der Waals surface area contributed by atoms with E-state index in [9.17, 15) is 14.4 Å². The summed E-state index contributed by atoms with van der Waals surface area (Å²) in [5, 5.41) is 5.84. The molecule has 1 saturated carbocycles. The van der Waals surface area contributed by atoms with Gasteiger partial charge in [0.2, 0.25) is 11.8 Å². The van der Waals surface area contributed by atoms with Crippen molar-refractivity contribution in [3.8, 4) is 0 Å². The van der Waals surface area contributed by atoms with Crippen LogP contribution in [0.15, 0.2) is 54.6 Å². The van der Waals surface area contributed by atoms with Crippen molar-refractivity contribution in [2.75, 3.05) is 17.2 Å². The van der Waals surface area contributed by atoms with E-state index in [4.69, 9.17) is 0 Å². The van der Waals surface area contributed by atoms with Crippen molar-refractivity contribution in [3.63, 3.8) is 0 Å². The van der Waals surface area contributed by atoms with Crippen molar-refractivity contribution < 1.29 is 14.4 Å². The van der Waals surface area contributed by atoms with E-state index in [1.165, 1.54) is 6.42 Å². The summed E-state index contributed by atoms with van der Waals surface area (Å²) in [6.07, 6.45) is 5.94. The van der Waals surface area contributed by atoms with Gasteiger partial charge >= 0.3 is 0 Å². The summed E-state index contributed by atoms with van der Waals surface area (Å²) < 4.78 is 0. The minimum Gasteiger partial charge on any atom is -0.327 e. The second-order valence-electron chi connectivity index (χ2n) is 8.43. The van der Waals surface area contributed by atoms with Gasteiger partial charge in [-0.1, -0.05) is 50.5 Å².